The average molecular weight is 586 g/mol. The predicted octanol–water partition coefficient (Wildman–Crippen LogP) is 2.66. The number of rotatable bonds is 5. The molecule has 0 aromatic carbocycles. The van der Waals surface area contributed by atoms with Gasteiger partial charge < -0.3 is 38.8 Å². The molecule has 0 aromatic rings. The molecule has 0 spiro atoms. The molecule has 2 rings (SSSR count). The molecule has 0 radical (unpaired) electrons. The first kappa shape index (κ1) is 36.1. The van der Waals surface area contributed by atoms with Crippen molar-refractivity contribution in [3.8, 4) is 0 Å². The molecule has 0 bridgehead atoms. The molecule has 0 aromatic heterocycles. The van der Waals surface area contributed by atoms with Crippen LogP contribution in [0.15, 0.2) is 0 Å². The highest BCUT2D eigenvalue weighted by molar-refractivity contribution is 5.99. The number of likely N-dealkylation sites (N-methyl/N-ethyl adjacent to an activating group) is 1. The van der Waals surface area contributed by atoms with Crippen molar-refractivity contribution >= 4 is 11.8 Å². The summed E-state index contributed by atoms with van der Waals surface area (Å²) in [5.41, 5.74) is -0.892. The first-order chi connectivity index (χ1) is 19.1. The Morgan fingerprint density at radius 1 is 1.05 bits per heavy atom. The van der Waals surface area contributed by atoms with E-state index in [1.807, 2.05) is 32.8 Å². The molecule has 0 saturated carbocycles. The van der Waals surface area contributed by atoms with Gasteiger partial charge in [0, 0.05) is 31.7 Å². The lowest BCUT2D eigenvalue weighted by Crippen LogP contribution is -2.59. The Morgan fingerprint density at radius 2 is 1.71 bits per heavy atom. The first-order valence-electron chi connectivity index (χ1n) is 15.4. The van der Waals surface area contributed by atoms with Crippen LogP contribution in [0.4, 0.5) is 0 Å². The molecule has 2 saturated heterocycles. The monoisotopic (exact) mass is 585 g/mol. The number of Topliss-reactive ketones (excluding diaryl/α,β-unsaturated/α-hetero) is 1. The van der Waals surface area contributed by atoms with Gasteiger partial charge in [-0.25, -0.2) is 0 Å². The van der Waals surface area contributed by atoms with Crippen LogP contribution in [0.25, 0.3) is 0 Å². The zero-order valence-electron chi connectivity index (χ0n) is 27.6. The number of cyclic esters (lactones) is 1. The lowest BCUT2D eigenvalue weighted by atomic mass is 9.78. The van der Waals surface area contributed by atoms with Gasteiger partial charge in [-0.15, -0.1) is 0 Å². The Balaban J connectivity index is 2.43. The number of carbonyl (C=O) groups is 2. The van der Waals surface area contributed by atoms with Gasteiger partial charge in [-0.1, -0.05) is 13.8 Å². The number of aliphatic hydroxyl groups is 1. The smallest absolute Gasteiger partial charge is 0.316 e. The van der Waals surface area contributed by atoms with Crippen LogP contribution in [-0.4, -0.2) is 136 Å². The van der Waals surface area contributed by atoms with Crippen molar-refractivity contribution in [3.63, 3.8) is 0 Å². The molecule has 2 heterocycles. The number of carbonyl (C=O) groups excluding carboxylic acids is 2. The summed E-state index contributed by atoms with van der Waals surface area (Å²) in [6, 6.07) is 0.213. The van der Waals surface area contributed by atoms with Gasteiger partial charge in [-0.3, -0.25) is 9.59 Å². The van der Waals surface area contributed by atoms with E-state index in [4.69, 9.17) is 18.9 Å². The summed E-state index contributed by atoms with van der Waals surface area (Å²) >= 11 is 0. The Morgan fingerprint density at radius 3 is 2.29 bits per heavy atom. The topological polar surface area (TPSA) is 101 Å². The molecule has 10 nitrogen and oxygen atoms in total. The van der Waals surface area contributed by atoms with Gasteiger partial charge in [0.15, 0.2) is 12.1 Å². The van der Waals surface area contributed by atoms with Crippen LogP contribution >= 0.6 is 0 Å². The number of hydrogen-bond donors (Lipinski definition) is 1. The standard InChI is InChI=1S/C31H59N3O7/c1-20-18-31(5,38-11)28(41-30-27(36)25(33(8)9)17-21(2)40-30)22(3)26(35)23(4)29(37)39-16-12-13-24(32(6)7)14-15-34(10)19-20/h20-25,27-28,30,36H,12-19H2,1-11H3/t20-,21-,22+,23?,24?,25+,27-,28-,30+,31-/m1/s1. The van der Waals surface area contributed by atoms with Gasteiger partial charge in [0.2, 0.25) is 0 Å². The third-order valence-electron chi connectivity index (χ3n) is 9.19. The summed E-state index contributed by atoms with van der Waals surface area (Å²) in [6.45, 7) is 11.6. The van der Waals surface area contributed by atoms with Crippen molar-refractivity contribution in [1.29, 1.82) is 0 Å². The second-order valence-corrected chi connectivity index (χ2v) is 13.3. The molecule has 1 N–H and O–H groups in total. The van der Waals surface area contributed by atoms with Crippen LogP contribution in [0, 0.1) is 17.8 Å². The Labute approximate surface area is 249 Å². The lowest BCUT2D eigenvalue weighted by Gasteiger charge is -2.46. The van der Waals surface area contributed by atoms with Gasteiger partial charge in [0.25, 0.3) is 0 Å². The summed E-state index contributed by atoms with van der Waals surface area (Å²) in [5.74, 6) is -2.24. The minimum Gasteiger partial charge on any atom is -0.465 e. The van der Waals surface area contributed by atoms with E-state index in [1.165, 1.54) is 0 Å². The van der Waals surface area contributed by atoms with E-state index < -0.39 is 41.9 Å². The summed E-state index contributed by atoms with van der Waals surface area (Å²) in [7, 11) is 11.8. The molecule has 41 heavy (non-hydrogen) atoms. The van der Waals surface area contributed by atoms with Crippen molar-refractivity contribution in [2.24, 2.45) is 17.8 Å². The maximum atomic E-state index is 13.8. The summed E-state index contributed by atoms with van der Waals surface area (Å²) in [5, 5.41) is 11.2. The largest absolute Gasteiger partial charge is 0.465 e. The third-order valence-corrected chi connectivity index (χ3v) is 9.19. The zero-order chi connectivity index (χ0) is 31.1. The lowest BCUT2D eigenvalue weighted by molar-refractivity contribution is -0.295. The molecule has 10 heteroatoms. The van der Waals surface area contributed by atoms with E-state index in [0.29, 0.717) is 18.9 Å². The van der Waals surface area contributed by atoms with Crippen molar-refractivity contribution in [2.75, 3.05) is 62.0 Å². The fourth-order valence-corrected chi connectivity index (χ4v) is 6.59. The van der Waals surface area contributed by atoms with Crippen LogP contribution in [0.5, 0.6) is 0 Å². The minimum absolute atomic E-state index is 0.141. The van der Waals surface area contributed by atoms with Crippen LogP contribution in [0.2, 0.25) is 0 Å². The molecule has 2 fully saturated rings. The summed E-state index contributed by atoms with van der Waals surface area (Å²) in [6.07, 6.45) is 1.16. The van der Waals surface area contributed by atoms with Gasteiger partial charge in [-0.2, -0.15) is 0 Å². The highest BCUT2D eigenvalue weighted by atomic mass is 16.7. The van der Waals surface area contributed by atoms with Crippen molar-refractivity contribution in [2.45, 2.75) is 109 Å². The maximum absolute atomic E-state index is 13.8. The number of ether oxygens (including phenoxy) is 4. The molecular formula is C31H59N3O7. The second-order valence-electron chi connectivity index (χ2n) is 13.3. The maximum Gasteiger partial charge on any atom is 0.316 e. The summed E-state index contributed by atoms with van der Waals surface area (Å²) in [4.78, 5) is 33.3. The number of ketones is 1. The van der Waals surface area contributed by atoms with E-state index in [-0.39, 0.29) is 30.5 Å². The highest BCUT2D eigenvalue weighted by Crippen LogP contribution is 2.36. The van der Waals surface area contributed by atoms with Crippen molar-refractivity contribution < 1.29 is 33.6 Å². The zero-order valence-corrected chi connectivity index (χ0v) is 27.6. The van der Waals surface area contributed by atoms with Gasteiger partial charge in [0.05, 0.1) is 24.4 Å². The molecule has 0 amide bonds. The number of nitrogens with zero attached hydrogens (tertiary/aromatic N) is 3. The molecule has 240 valence electrons. The van der Waals surface area contributed by atoms with Gasteiger partial charge in [-0.05, 0) is 101 Å². The quantitative estimate of drug-likeness (QED) is 0.383. The van der Waals surface area contributed by atoms with E-state index in [2.05, 4.69) is 37.9 Å². The third kappa shape index (κ3) is 9.95. The van der Waals surface area contributed by atoms with Gasteiger partial charge >= 0.3 is 5.97 Å². The Hall–Kier alpha value is -1.14. The van der Waals surface area contributed by atoms with Crippen LogP contribution < -0.4 is 0 Å². The minimum atomic E-state index is -0.952. The number of hydrogen-bond acceptors (Lipinski definition) is 10. The number of aliphatic hydroxyl groups excluding tert-OH is 1. The van der Waals surface area contributed by atoms with E-state index in [0.717, 1.165) is 32.4 Å². The predicted molar refractivity (Wildman–Crippen MR) is 160 cm³/mol. The van der Waals surface area contributed by atoms with Crippen LogP contribution in [-0.2, 0) is 28.5 Å². The molecule has 2 aliphatic heterocycles. The first-order valence-corrected chi connectivity index (χ1v) is 15.4. The highest BCUT2D eigenvalue weighted by Gasteiger charge is 2.48. The van der Waals surface area contributed by atoms with Crippen LogP contribution in [0.1, 0.15) is 66.7 Å². The normalized spacial score (nSPS) is 40.0. The van der Waals surface area contributed by atoms with E-state index in [9.17, 15) is 14.7 Å². The molecule has 2 unspecified atom stereocenters. The molecule has 0 aliphatic carbocycles. The fourth-order valence-electron chi connectivity index (χ4n) is 6.59. The summed E-state index contributed by atoms with van der Waals surface area (Å²) < 4.78 is 24.4. The molecule has 2 aliphatic rings. The number of esters is 1. The van der Waals surface area contributed by atoms with E-state index in [1.54, 1.807) is 21.0 Å². The van der Waals surface area contributed by atoms with Crippen molar-refractivity contribution in [1.82, 2.24) is 14.7 Å². The fraction of sp³-hybridized carbons (Fsp3) is 0.935. The van der Waals surface area contributed by atoms with Crippen molar-refractivity contribution in [3.05, 3.63) is 0 Å². The van der Waals surface area contributed by atoms with Crippen LogP contribution in [0.3, 0.4) is 0 Å². The second kappa shape index (κ2) is 16.1. The average Bonchev–Trinajstić information content (AvgIpc) is 2.90. The Kier molecular flexibility index (Phi) is 14.1. The Bertz CT molecular complexity index is 828. The number of methoxy groups -OCH3 is 1. The molecule has 10 atom stereocenters. The molecular weight excluding hydrogens is 526 g/mol. The van der Waals surface area contributed by atoms with E-state index >= 15 is 0 Å². The van der Waals surface area contributed by atoms with Gasteiger partial charge in [0.1, 0.15) is 12.0 Å². The SMILES string of the molecule is CO[C@]1(C)C[C@@H](C)CN(C)CCC(N(C)C)CCCOC(=O)C(C)C(=O)[C@H](C)[C@H]1O[C@@H]1O[C@H](C)C[C@H](N(C)C)[C@H]1O.